The molecule has 6 unspecified atom stereocenters. The smallest absolute Gasteiger partial charge is 0.457 e. The Morgan fingerprint density at radius 2 is 0.803 bits per heavy atom. The summed E-state index contributed by atoms with van der Waals surface area (Å²) in [6, 6.07) is 0. The molecule has 0 aliphatic heterocycles. The maximum Gasteiger partial charge on any atom is 0.472 e. The Bertz CT molecular complexity index is 1140. The minimum atomic E-state index is -5.02. The summed E-state index contributed by atoms with van der Waals surface area (Å²) in [5.74, 6) is -0.470. The first-order valence-electron chi connectivity index (χ1n) is 27.5. The molecule has 1 fully saturated rings. The van der Waals surface area contributed by atoms with Crippen molar-refractivity contribution >= 4 is 13.8 Å². The van der Waals surface area contributed by atoms with Crippen LogP contribution in [0.1, 0.15) is 258 Å². The lowest BCUT2D eigenvalue weighted by atomic mass is 9.85. The normalized spacial score (nSPS) is 21.4. The number of carbonyl (C=O) groups is 1. The number of allylic oxidation sites excluding steroid dienone is 2. The topological polar surface area (TPSA) is 192 Å². The van der Waals surface area contributed by atoms with Crippen LogP contribution in [0.3, 0.4) is 0 Å². The van der Waals surface area contributed by atoms with Crippen LogP contribution in [0.4, 0.5) is 0 Å². The Labute approximate surface area is 403 Å². The quantitative estimate of drug-likeness (QED) is 0.0147. The van der Waals surface area contributed by atoms with Crippen molar-refractivity contribution in [3.05, 3.63) is 12.2 Å². The van der Waals surface area contributed by atoms with Crippen LogP contribution in [-0.2, 0) is 27.9 Å². The van der Waals surface area contributed by atoms with Crippen LogP contribution in [0.25, 0.3) is 0 Å². The maximum atomic E-state index is 12.9. The number of carbonyl (C=O) groups excluding carboxylic acids is 1. The molecule has 0 aromatic heterocycles. The summed E-state index contributed by atoms with van der Waals surface area (Å²) in [5, 5.41) is 50.4. The zero-order valence-corrected chi connectivity index (χ0v) is 43.2. The number of rotatable bonds is 48. The minimum absolute atomic E-state index is 0.0713. The summed E-state index contributed by atoms with van der Waals surface area (Å²) in [6.45, 7) is 4.31. The number of ether oxygens (including phenoxy) is 2. The van der Waals surface area contributed by atoms with Gasteiger partial charge in [-0.25, -0.2) is 4.57 Å². The van der Waals surface area contributed by atoms with Crippen LogP contribution in [-0.4, -0.2) is 98.9 Å². The summed E-state index contributed by atoms with van der Waals surface area (Å²) in [4.78, 5) is 23.3. The van der Waals surface area contributed by atoms with Gasteiger partial charge in [0.1, 0.15) is 42.7 Å². The van der Waals surface area contributed by atoms with Crippen molar-refractivity contribution in [1.29, 1.82) is 0 Å². The van der Waals surface area contributed by atoms with Gasteiger partial charge in [0, 0.05) is 13.0 Å². The van der Waals surface area contributed by atoms with Crippen LogP contribution in [0.5, 0.6) is 0 Å². The number of hydrogen-bond donors (Lipinski definition) is 6. The average molecular weight is 963 g/mol. The van der Waals surface area contributed by atoms with E-state index in [0.717, 1.165) is 38.5 Å². The van der Waals surface area contributed by atoms with E-state index < -0.39 is 63.1 Å². The van der Waals surface area contributed by atoms with Crippen LogP contribution in [0.15, 0.2) is 12.2 Å². The molecule has 66 heavy (non-hydrogen) atoms. The van der Waals surface area contributed by atoms with Gasteiger partial charge in [-0.1, -0.05) is 225 Å². The molecule has 0 spiro atoms. The van der Waals surface area contributed by atoms with Gasteiger partial charge in [-0.3, -0.25) is 13.8 Å². The molecule has 1 aliphatic rings. The van der Waals surface area contributed by atoms with Crippen molar-refractivity contribution in [2.75, 3.05) is 19.8 Å². The molecule has 0 aromatic rings. The molecule has 13 heteroatoms. The Hall–Kier alpha value is -0.920. The van der Waals surface area contributed by atoms with E-state index in [2.05, 4.69) is 26.0 Å². The second kappa shape index (κ2) is 44.1. The Morgan fingerprint density at radius 3 is 1.20 bits per heavy atom. The summed E-state index contributed by atoms with van der Waals surface area (Å²) in [7, 11) is -5.02. The average Bonchev–Trinajstić information content (AvgIpc) is 3.30. The fourth-order valence-electron chi connectivity index (χ4n) is 8.77. The third kappa shape index (κ3) is 35.2. The van der Waals surface area contributed by atoms with E-state index >= 15 is 0 Å². The van der Waals surface area contributed by atoms with Gasteiger partial charge in [0.05, 0.1) is 13.2 Å². The Balaban J connectivity index is 2.30. The maximum absolute atomic E-state index is 12.9. The Kier molecular flexibility index (Phi) is 42.1. The standard InChI is InChI=1S/C53H103O12P/c1-3-5-7-9-11-13-15-17-19-21-23-25-27-29-31-33-35-37-39-41-43-62-44-46(45-63-66(60,61)65-53-51(58)49(56)48(55)50(57)52(53)59)64-47(54)42-40-38-36-34-32-30-28-26-24-22-20-18-16-14-12-10-8-6-4-2/h17,19,46,48-53,55-59H,3-16,18,20-45H2,1-2H3,(H,60,61)/b19-17-. The van der Waals surface area contributed by atoms with Crippen molar-refractivity contribution in [2.24, 2.45) is 0 Å². The third-order valence-corrected chi connectivity index (χ3v) is 14.1. The molecule has 0 heterocycles. The first-order valence-corrected chi connectivity index (χ1v) is 29.0. The van der Waals surface area contributed by atoms with Crippen molar-refractivity contribution in [1.82, 2.24) is 0 Å². The number of phosphoric ester groups is 1. The van der Waals surface area contributed by atoms with Crippen LogP contribution >= 0.6 is 7.82 Å². The second-order valence-corrected chi connectivity index (χ2v) is 20.8. The Morgan fingerprint density at radius 1 is 0.470 bits per heavy atom. The van der Waals surface area contributed by atoms with Crippen LogP contribution in [0, 0.1) is 0 Å². The SMILES string of the molecule is CCCCCCCC/C=C\CCCCCCCCCCCCOCC(COP(=O)(O)OC1C(O)C(O)C(O)C(O)C1O)OC(=O)CCCCCCCCCCCCCCCCCCCCC. The number of aliphatic hydroxyl groups is 5. The van der Waals surface area contributed by atoms with Gasteiger partial charge in [0.2, 0.25) is 0 Å². The summed E-state index contributed by atoms with van der Waals surface area (Å²) < 4.78 is 34.4. The van der Waals surface area contributed by atoms with Gasteiger partial charge in [0.15, 0.2) is 0 Å². The van der Waals surface area contributed by atoms with Gasteiger partial charge in [-0.15, -0.1) is 0 Å². The van der Waals surface area contributed by atoms with E-state index in [1.165, 1.54) is 193 Å². The highest BCUT2D eigenvalue weighted by Gasteiger charge is 2.51. The highest BCUT2D eigenvalue weighted by Crippen LogP contribution is 2.47. The predicted molar refractivity (Wildman–Crippen MR) is 267 cm³/mol. The number of phosphoric acid groups is 1. The molecule has 0 aromatic carbocycles. The molecule has 6 N–H and O–H groups in total. The highest BCUT2D eigenvalue weighted by atomic mass is 31.2. The zero-order chi connectivity index (χ0) is 48.4. The molecule has 1 aliphatic carbocycles. The number of aliphatic hydroxyl groups excluding tert-OH is 5. The van der Waals surface area contributed by atoms with E-state index in [1.807, 2.05) is 0 Å². The summed E-state index contributed by atoms with van der Waals surface area (Å²) in [5.41, 5.74) is 0. The molecular weight excluding hydrogens is 860 g/mol. The molecule has 1 saturated carbocycles. The fourth-order valence-corrected chi connectivity index (χ4v) is 9.74. The number of hydrogen-bond acceptors (Lipinski definition) is 11. The van der Waals surface area contributed by atoms with E-state index in [9.17, 15) is 39.8 Å². The lowest BCUT2D eigenvalue weighted by Crippen LogP contribution is -2.64. The molecule has 0 bridgehead atoms. The molecule has 12 nitrogen and oxygen atoms in total. The van der Waals surface area contributed by atoms with Gasteiger partial charge >= 0.3 is 13.8 Å². The van der Waals surface area contributed by atoms with Crippen molar-refractivity contribution in [3.8, 4) is 0 Å². The number of unbranched alkanes of at least 4 members (excludes halogenated alkanes) is 34. The first-order chi connectivity index (χ1) is 32.0. The van der Waals surface area contributed by atoms with E-state index in [0.29, 0.717) is 13.0 Å². The lowest BCUT2D eigenvalue weighted by Gasteiger charge is -2.41. The number of esters is 1. The highest BCUT2D eigenvalue weighted by molar-refractivity contribution is 7.47. The molecule has 6 atom stereocenters. The minimum Gasteiger partial charge on any atom is -0.457 e. The molecule has 1 rings (SSSR count). The van der Waals surface area contributed by atoms with Crippen LogP contribution in [0.2, 0.25) is 0 Å². The third-order valence-electron chi connectivity index (χ3n) is 13.1. The van der Waals surface area contributed by atoms with Crippen molar-refractivity contribution in [2.45, 2.75) is 301 Å². The summed E-state index contributed by atoms with van der Waals surface area (Å²) in [6.07, 6.45) is 38.5. The van der Waals surface area contributed by atoms with Crippen LogP contribution < -0.4 is 0 Å². The van der Waals surface area contributed by atoms with Gasteiger partial charge in [-0.2, -0.15) is 0 Å². The molecule has 0 saturated heterocycles. The van der Waals surface area contributed by atoms with Gasteiger partial charge in [-0.05, 0) is 38.5 Å². The monoisotopic (exact) mass is 963 g/mol. The van der Waals surface area contributed by atoms with Crippen molar-refractivity contribution < 1.29 is 58.3 Å². The zero-order valence-electron chi connectivity index (χ0n) is 42.3. The second-order valence-electron chi connectivity index (χ2n) is 19.4. The largest absolute Gasteiger partial charge is 0.472 e. The van der Waals surface area contributed by atoms with Gasteiger partial charge < -0.3 is 39.9 Å². The van der Waals surface area contributed by atoms with Crippen molar-refractivity contribution in [3.63, 3.8) is 0 Å². The van der Waals surface area contributed by atoms with E-state index in [4.69, 9.17) is 18.5 Å². The lowest BCUT2D eigenvalue weighted by molar-refractivity contribution is -0.220. The first kappa shape index (κ1) is 63.1. The molecular formula is C53H103O12P. The molecule has 0 radical (unpaired) electrons. The fraction of sp³-hybridized carbons (Fsp3) is 0.943. The molecule has 392 valence electrons. The molecule has 0 amide bonds. The van der Waals surface area contributed by atoms with E-state index in [1.54, 1.807) is 0 Å². The van der Waals surface area contributed by atoms with Gasteiger partial charge in [0.25, 0.3) is 0 Å². The van der Waals surface area contributed by atoms with E-state index in [-0.39, 0.29) is 13.0 Å². The summed E-state index contributed by atoms with van der Waals surface area (Å²) >= 11 is 0. The predicted octanol–water partition coefficient (Wildman–Crippen LogP) is 12.7.